The number of unbranched alkanes of at least 4 members (excludes halogenated alkanes) is 2. The quantitative estimate of drug-likeness (QED) is 0.00753. The van der Waals surface area contributed by atoms with Gasteiger partial charge in [-0.3, -0.25) is 43.9 Å². The third-order valence-electron chi connectivity index (χ3n) is 11.8. The highest BCUT2D eigenvalue weighted by atomic mass is 127. The van der Waals surface area contributed by atoms with Crippen LogP contribution in [0.3, 0.4) is 0 Å². The van der Waals surface area contributed by atoms with E-state index in [1.165, 1.54) is 17.9 Å². The summed E-state index contributed by atoms with van der Waals surface area (Å²) in [6.07, 6.45) is 1.84. The number of nitrogens with one attached hydrogen (secondary N) is 7. The molecule has 28 heteroatoms. The summed E-state index contributed by atoms with van der Waals surface area (Å²) < 4.78 is 0.920. The minimum atomic E-state index is -1.55. The van der Waals surface area contributed by atoms with E-state index in [0.29, 0.717) is 63.6 Å². The molecule has 74 heavy (non-hydrogen) atoms. The van der Waals surface area contributed by atoms with Crippen molar-refractivity contribution in [3.63, 3.8) is 0 Å². The fourth-order valence-electron chi connectivity index (χ4n) is 7.73. The van der Waals surface area contributed by atoms with E-state index in [9.17, 15) is 53.7 Å². The lowest BCUT2D eigenvalue weighted by Crippen LogP contribution is -2.60. The van der Waals surface area contributed by atoms with Gasteiger partial charge in [-0.05, 0) is 137 Å². The maximum Gasteiger partial charge on any atom is 0.352 e. The first kappa shape index (κ1) is 64.5. The molecule has 1 saturated heterocycles. The third-order valence-corrected chi connectivity index (χ3v) is 12.6. The van der Waals surface area contributed by atoms with Crippen LogP contribution in [0.15, 0.2) is 41.0 Å². The second-order valence-electron chi connectivity index (χ2n) is 17.8. The lowest BCUT2D eigenvalue weighted by atomic mass is 10.0. The molecule has 2 rings (SSSR count). The third kappa shape index (κ3) is 23.3. The van der Waals surface area contributed by atoms with Gasteiger partial charge >= 0.3 is 5.97 Å². The van der Waals surface area contributed by atoms with Crippen LogP contribution in [0.2, 0.25) is 0 Å². The summed E-state index contributed by atoms with van der Waals surface area (Å²) in [7, 11) is 0. The van der Waals surface area contributed by atoms with E-state index in [1.54, 1.807) is 12.1 Å². The monoisotopic (exact) mass is 1160 g/mol. The van der Waals surface area contributed by atoms with Crippen LogP contribution < -0.4 is 77.4 Å². The van der Waals surface area contributed by atoms with Gasteiger partial charge in [-0.2, -0.15) is 0 Å². The first-order valence-electron chi connectivity index (χ1n) is 24.7. The number of likely N-dealkylation sites (tertiary alicyclic amines) is 1. The molecule has 24 N–H and O–H groups in total. The Morgan fingerprint density at radius 2 is 1.42 bits per heavy atom. The van der Waals surface area contributed by atoms with E-state index < -0.39 is 121 Å². The number of benzene rings is 1. The van der Waals surface area contributed by atoms with Gasteiger partial charge < -0.3 is 92.3 Å². The minimum Gasteiger partial charge on any atom is -0.477 e. The normalized spacial score (nSPS) is 16.7. The molecule has 0 radical (unpaired) electrons. The molecule has 7 amide bonds. The summed E-state index contributed by atoms with van der Waals surface area (Å²) in [6, 6.07) is -1.09. The summed E-state index contributed by atoms with van der Waals surface area (Å²) in [5.41, 5.74) is 39.4. The van der Waals surface area contributed by atoms with Gasteiger partial charge in [0, 0.05) is 23.2 Å². The number of amides is 7. The molecule has 416 valence electrons. The highest BCUT2D eigenvalue weighted by Gasteiger charge is 2.39. The maximum absolute atomic E-state index is 14.3. The van der Waals surface area contributed by atoms with Crippen molar-refractivity contribution in [2.24, 2.45) is 45.1 Å². The van der Waals surface area contributed by atoms with Crippen molar-refractivity contribution in [2.75, 3.05) is 45.8 Å². The molecule has 0 aromatic heterocycles. The second-order valence-corrected chi connectivity index (χ2v) is 19.0. The predicted molar refractivity (Wildman–Crippen MR) is 283 cm³/mol. The van der Waals surface area contributed by atoms with Crippen LogP contribution in [0.1, 0.15) is 83.1 Å². The van der Waals surface area contributed by atoms with Crippen LogP contribution in [0.5, 0.6) is 0 Å². The van der Waals surface area contributed by atoms with Gasteiger partial charge in [0.1, 0.15) is 36.1 Å². The summed E-state index contributed by atoms with van der Waals surface area (Å²) in [5, 5.41) is 49.9. The molecule has 2 unspecified atom stereocenters. The summed E-state index contributed by atoms with van der Waals surface area (Å²) in [6.45, 7) is 1.36. The van der Waals surface area contributed by atoms with Gasteiger partial charge in [0.2, 0.25) is 41.4 Å². The number of rotatable bonds is 35. The van der Waals surface area contributed by atoms with Crippen LogP contribution >= 0.6 is 22.6 Å². The highest BCUT2D eigenvalue weighted by molar-refractivity contribution is 14.1. The number of halogens is 1. The van der Waals surface area contributed by atoms with E-state index in [4.69, 9.17) is 40.1 Å². The molecule has 1 heterocycles. The van der Waals surface area contributed by atoms with Crippen LogP contribution in [0.25, 0.3) is 0 Å². The Morgan fingerprint density at radius 1 is 0.784 bits per heavy atom. The number of aliphatic imine (C=N–C) groups is 1. The first-order chi connectivity index (χ1) is 35.2. The molecule has 1 aromatic carbocycles. The van der Waals surface area contributed by atoms with E-state index in [1.807, 2.05) is 12.1 Å². The van der Waals surface area contributed by atoms with Gasteiger partial charge in [-0.25, -0.2) is 4.79 Å². The smallest absolute Gasteiger partial charge is 0.352 e. The number of nitrogens with zero attached hydrogens (tertiary/aromatic N) is 2. The summed E-state index contributed by atoms with van der Waals surface area (Å²) in [5.74, 6) is -6.97. The topological polar surface area (TPSA) is 479 Å². The Kier molecular flexibility index (Phi) is 30.3. The van der Waals surface area contributed by atoms with Crippen molar-refractivity contribution >= 4 is 75.9 Å². The zero-order chi connectivity index (χ0) is 55.3. The summed E-state index contributed by atoms with van der Waals surface area (Å²) >= 11 is 2.13. The number of guanidine groups is 1. The van der Waals surface area contributed by atoms with Crippen molar-refractivity contribution < 1.29 is 53.7 Å². The molecule has 9 atom stereocenters. The SMILES string of the molecule is C[C@H](NC(=O)[C@@H](NC(=O)[C@@H](N)CCCCN)[C@@H](O)CN)C(=O)NCC(=O)N[C@H](CCCN)C(=O)N1CCC[C@H]1C(O)NC(Cc1ccc(I)cc1)C(=O)N[C@@H](CCCCN)C(=O)N/C(=C\CCN=C(N)N)C(=O)O. The molecule has 27 nitrogen and oxygen atoms in total. The molecule has 0 bridgehead atoms. The molecule has 1 aliphatic rings. The lowest BCUT2D eigenvalue weighted by molar-refractivity contribution is -0.140. The number of hydrogen-bond donors (Lipinski definition) is 17. The van der Waals surface area contributed by atoms with Gasteiger partial charge in [0.25, 0.3) is 0 Å². The second kappa shape index (κ2) is 34.8. The van der Waals surface area contributed by atoms with Gasteiger partial charge in [-0.1, -0.05) is 24.6 Å². The molecule has 0 spiro atoms. The molecule has 1 fully saturated rings. The Morgan fingerprint density at radius 3 is 2.03 bits per heavy atom. The van der Waals surface area contributed by atoms with Crippen LogP contribution in [-0.4, -0.2) is 174 Å². The number of aliphatic carboxylic acids is 1. The number of carbonyl (C=O) groups is 8. The largest absolute Gasteiger partial charge is 0.477 e. The molecule has 1 aliphatic heterocycles. The molecular formula is C46H79IN16O11. The van der Waals surface area contributed by atoms with Crippen molar-refractivity contribution in [1.29, 1.82) is 0 Å². The lowest BCUT2D eigenvalue weighted by Gasteiger charge is -2.34. The maximum atomic E-state index is 14.3. The highest BCUT2D eigenvalue weighted by Crippen LogP contribution is 2.22. The number of nitrogens with two attached hydrogens (primary N) is 7. The Bertz CT molecular complexity index is 2050. The fourth-order valence-corrected chi connectivity index (χ4v) is 8.09. The van der Waals surface area contributed by atoms with Crippen molar-refractivity contribution in [2.45, 2.75) is 139 Å². The predicted octanol–water partition coefficient (Wildman–Crippen LogP) is -5.43. The Balaban J connectivity index is 2.25. The number of aliphatic hydroxyl groups is 2. The van der Waals surface area contributed by atoms with E-state index in [2.05, 4.69) is 64.8 Å². The van der Waals surface area contributed by atoms with E-state index in [-0.39, 0.29) is 57.7 Å². The molecule has 0 saturated carbocycles. The van der Waals surface area contributed by atoms with Gasteiger partial charge in [-0.15, -0.1) is 0 Å². The van der Waals surface area contributed by atoms with Gasteiger partial charge in [0.05, 0.1) is 30.8 Å². The first-order valence-corrected chi connectivity index (χ1v) is 25.8. The fraction of sp³-hybridized carbons (Fsp3) is 0.630. The molecule has 0 aliphatic carbocycles. The average Bonchev–Trinajstić information content (AvgIpc) is 3.87. The number of aliphatic hydroxyl groups excluding tert-OH is 2. The van der Waals surface area contributed by atoms with Crippen LogP contribution in [0.4, 0.5) is 0 Å². The van der Waals surface area contributed by atoms with Crippen molar-refractivity contribution in [3.8, 4) is 0 Å². The molecular weight excluding hydrogens is 1080 g/mol. The van der Waals surface area contributed by atoms with Crippen molar-refractivity contribution in [1.82, 2.24) is 42.1 Å². The zero-order valence-corrected chi connectivity index (χ0v) is 44.1. The van der Waals surface area contributed by atoms with Crippen LogP contribution in [0, 0.1) is 3.57 Å². The van der Waals surface area contributed by atoms with E-state index in [0.717, 1.165) is 3.57 Å². The summed E-state index contributed by atoms with van der Waals surface area (Å²) in [4.78, 5) is 112. The van der Waals surface area contributed by atoms with Gasteiger partial charge in [0.15, 0.2) is 5.96 Å². The number of carboxylic acids is 1. The number of carbonyl (C=O) groups excluding carboxylic acids is 7. The average molecular weight is 1160 g/mol. The standard InChI is InChI=1S/C46H79IN16O11/c1-26(57-43(71)37(35(64)24-51)62-39(67)29(52)9-2-4-18-48)38(66)56-25-36(65)58-31(11-6-20-50)44(72)63-22-8-13-34(63)42(70)61-33(23-27-14-16-28(47)17-15-27)41(69)59-30(10-3-5-19-49)40(68)60-32(45(73)74)12-7-21-55-46(53)54/h12,14-17,26,29-31,33-35,37,42,61,64,70H,2-11,13,18-25,48-52H2,1H3,(H,56,66)(H,57,71)(H,58,65)(H,59,69)(H,60,68)(H,62,67)(H,73,74)(H4,53,54,55)/b32-12-/t26-,29-,30-,31+,33?,34-,35-,37-,42?/m0/s1. The number of carboxylic acid groups (broad SMARTS) is 1. The minimum absolute atomic E-state index is 0.0172. The van der Waals surface area contributed by atoms with Crippen molar-refractivity contribution in [3.05, 3.63) is 45.2 Å². The van der Waals surface area contributed by atoms with Crippen LogP contribution in [-0.2, 0) is 44.8 Å². The Hall–Kier alpha value is -5.60. The molecule has 1 aromatic rings. The van der Waals surface area contributed by atoms with E-state index >= 15 is 0 Å². The Labute approximate surface area is 444 Å². The zero-order valence-electron chi connectivity index (χ0n) is 41.9. The number of hydrogen-bond acceptors (Lipinski definition) is 17.